The summed E-state index contributed by atoms with van der Waals surface area (Å²) in [6.07, 6.45) is 0. The maximum absolute atomic E-state index is 2.82. The van der Waals surface area contributed by atoms with Crippen LogP contribution in [-0.4, -0.2) is 65.6 Å². The van der Waals surface area contributed by atoms with Crippen molar-refractivity contribution in [2.75, 3.05) is 52.4 Å². The van der Waals surface area contributed by atoms with Crippen molar-refractivity contribution in [3.63, 3.8) is 0 Å². The molecule has 0 amide bonds. The molecule has 0 saturated carbocycles. The second-order valence-electron chi connectivity index (χ2n) is 5.09. The molecule has 0 N–H and O–H groups in total. The zero-order chi connectivity index (χ0) is 16.5. The first-order chi connectivity index (χ1) is 10.1. The van der Waals surface area contributed by atoms with Crippen molar-refractivity contribution >= 4 is 0 Å². The summed E-state index contributed by atoms with van der Waals surface area (Å²) in [5.74, 6) is 0. The number of hydrogen-bond donors (Lipinski definition) is 0. The molecule has 0 aliphatic carbocycles. The summed E-state index contributed by atoms with van der Waals surface area (Å²) in [7, 11) is 0. The predicted molar refractivity (Wildman–Crippen MR) is 91.7 cm³/mol. The zero-order valence-corrected chi connectivity index (χ0v) is 18.1. The number of hydrogen-bond acceptors (Lipinski definition) is 4. The fraction of sp³-hybridized carbons (Fsp3) is 1.00. The van der Waals surface area contributed by atoms with Crippen molar-refractivity contribution < 1.29 is 18.2 Å². The van der Waals surface area contributed by atoms with E-state index in [-0.39, 0.29) is 0 Å². The quantitative estimate of drug-likeness (QED) is 0.482. The van der Waals surface area contributed by atoms with Gasteiger partial charge in [0.15, 0.2) is 0 Å². The molecule has 0 aliphatic rings. The molecule has 21 heavy (non-hydrogen) atoms. The van der Waals surface area contributed by atoms with Crippen molar-refractivity contribution in [1.29, 1.82) is 0 Å². The SMILES string of the molecule is CC[N](CC)[Nb]([N](CC)CC)([N](CC)CC)[N](CC)CC. The summed E-state index contributed by atoms with van der Waals surface area (Å²) >= 11 is -2.81. The standard InChI is InChI=1S/4C4H10N.Nb/c4*1-3-5-4-2;/h4*3-4H2,1-2H3;/q4*-1;+4. The first-order valence-corrected chi connectivity index (χ1v) is 12.9. The molecule has 0 unspecified atom stereocenters. The Labute approximate surface area is 139 Å². The van der Waals surface area contributed by atoms with Crippen molar-refractivity contribution in [1.82, 2.24) is 13.2 Å². The molecular formula is C16H40N4Nb. The Balaban J connectivity index is 6.15. The van der Waals surface area contributed by atoms with Crippen LogP contribution in [0.25, 0.3) is 0 Å². The third-order valence-electron chi connectivity index (χ3n) is 4.44. The van der Waals surface area contributed by atoms with Gasteiger partial charge in [-0.1, -0.05) is 0 Å². The first-order valence-electron chi connectivity index (χ1n) is 8.99. The molecular weight excluding hydrogens is 341 g/mol. The monoisotopic (exact) mass is 381 g/mol. The molecule has 129 valence electrons. The van der Waals surface area contributed by atoms with E-state index in [1.165, 1.54) is 0 Å². The van der Waals surface area contributed by atoms with Crippen molar-refractivity contribution in [3.05, 3.63) is 0 Å². The van der Waals surface area contributed by atoms with E-state index in [9.17, 15) is 0 Å². The van der Waals surface area contributed by atoms with Gasteiger partial charge in [-0.05, 0) is 0 Å². The Hall–Kier alpha value is 0.580. The topological polar surface area (TPSA) is 13.0 Å². The van der Waals surface area contributed by atoms with Gasteiger partial charge in [-0.25, -0.2) is 0 Å². The third kappa shape index (κ3) is 4.31. The van der Waals surface area contributed by atoms with E-state index in [0.29, 0.717) is 0 Å². The minimum absolute atomic E-state index is 1.16. The second-order valence-corrected chi connectivity index (χ2v) is 13.3. The predicted octanol–water partition coefficient (Wildman–Crippen LogP) is 3.17. The molecule has 0 rings (SSSR count). The van der Waals surface area contributed by atoms with E-state index < -0.39 is 18.2 Å². The Morgan fingerprint density at radius 3 is 0.619 bits per heavy atom. The number of rotatable bonds is 12. The van der Waals surface area contributed by atoms with Gasteiger partial charge < -0.3 is 0 Å². The van der Waals surface area contributed by atoms with Gasteiger partial charge in [0.05, 0.1) is 0 Å². The van der Waals surface area contributed by atoms with Crippen molar-refractivity contribution in [2.45, 2.75) is 55.4 Å². The van der Waals surface area contributed by atoms with Gasteiger partial charge in [-0.3, -0.25) is 0 Å². The van der Waals surface area contributed by atoms with Gasteiger partial charge in [0.1, 0.15) is 0 Å². The molecule has 4 nitrogen and oxygen atoms in total. The molecule has 0 radical (unpaired) electrons. The summed E-state index contributed by atoms with van der Waals surface area (Å²) in [5.41, 5.74) is 0. The van der Waals surface area contributed by atoms with Crippen LogP contribution >= 0.6 is 0 Å². The summed E-state index contributed by atoms with van der Waals surface area (Å²) in [6.45, 7) is 28.0. The molecule has 0 aromatic carbocycles. The van der Waals surface area contributed by atoms with Gasteiger partial charge >= 0.3 is 139 Å². The molecule has 5 heteroatoms. The van der Waals surface area contributed by atoms with Crippen LogP contribution in [-0.2, 0) is 18.2 Å². The molecule has 0 saturated heterocycles. The summed E-state index contributed by atoms with van der Waals surface area (Å²) in [4.78, 5) is 0. The fourth-order valence-corrected chi connectivity index (χ4v) is 16.2. The molecule has 0 heterocycles. The normalized spacial score (nSPS) is 13.1. The average Bonchev–Trinajstić information content (AvgIpc) is 2.51. The maximum atomic E-state index is 2.82. The van der Waals surface area contributed by atoms with Crippen LogP contribution in [0.2, 0.25) is 0 Å². The summed E-state index contributed by atoms with van der Waals surface area (Å²) < 4.78 is 11.3. The summed E-state index contributed by atoms with van der Waals surface area (Å²) in [5, 5.41) is 0. The van der Waals surface area contributed by atoms with Crippen LogP contribution < -0.4 is 0 Å². The number of nitrogens with zero attached hydrogens (tertiary/aromatic N) is 4. The molecule has 0 aromatic rings. The molecule has 0 aromatic heterocycles. The first kappa shape index (κ1) is 21.6. The van der Waals surface area contributed by atoms with Crippen LogP contribution in [0.15, 0.2) is 0 Å². The molecule has 0 aliphatic heterocycles. The van der Waals surface area contributed by atoms with Gasteiger partial charge in [0.2, 0.25) is 0 Å². The fourth-order valence-electron chi connectivity index (χ4n) is 3.49. The Morgan fingerprint density at radius 1 is 0.381 bits per heavy atom. The van der Waals surface area contributed by atoms with E-state index in [1.807, 2.05) is 0 Å². The minimum atomic E-state index is -2.81. The molecule has 0 fully saturated rings. The Kier molecular flexibility index (Phi) is 11.5. The van der Waals surface area contributed by atoms with E-state index in [1.54, 1.807) is 0 Å². The zero-order valence-electron chi connectivity index (χ0n) is 15.9. The van der Waals surface area contributed by atoms with E-state index in [4.69, 9.17) is 0 Å². The molecule has 0 bridgehead atoms. The van der Waals surface area contributed by atoms with Gasteiger partial charge in [0, 0.05) is 0 Å². The second kappa shape index (κ2) is 11.2. The van der Waals surface area contributed by atoms with E-state index in [0.717, 1.165) is 52.4 Å². The summed E-state index contributed by atoms with van der Waals surface area (Å²) in [6, 6.07) is 0. The van der Waals surface area contributed by atoms with Crippen LogP contribution in [0.4, 0.5) is 0 Å². The van der Waals surface area contributed by atoms with Gasteiger partial charge in [-0.2, -0.15) is 0 Å². The van der Waals surface area contributed by atoms with Gasteiger partial charge in [-0.15, -0.1) is 0 Å². The van der Waals surface area contributed by atoms with Crippen molar-refractivity contribution in [2.24, 2.45) is 0 Å². The van der Waals surface area contributed by atoms with Crippen LogP contribution in [0.5, 0.6) is 0 Å². The van der Waals surface area contributed by atoms with E-state index in [2.05, 4.69) is 68.6 Å². The van der Waals surface area contributed by atoms with Crippen LogP contribution in [0, 0.1) is 0 Å². The van der Waals surface area contributed by atoms with Crippen LogP contribution in [0.3, 0.4) is 0 Å². The van der Waals surface area contributed by atoms with E-state index >= 15 is 0 Å². The Morgan fingerprint density at radius 2 is 0.524 bits per heavy atom. The van der Waals surface area contributed by atoms with Crippen molar-refractivity contribution in [3.8, 4) is 0 Å². The average molecular weight is 381 g/mol. The molecule has 0 atom stereocenters. The van der Waals surface area contributed by atoms with Crippen LogP contribution in [0.1, 0.15) is 55.4 Å². The Bertz CT molecular complexity index is 193. The molecule has 0 spiro atoms. The van der Waals surface area contributed by atoms with Gasteiger partial charge in [0.25, 0.3) is 0 Å². The third-order valence-corrected chi connectivity index (χ3v) is 17.5.